The molecule has 1 saturated heterocycles. The van der Waals surface area contributed by atoms with Gasteiger partial charge in [-0.15, -0.1) is 10.2 Å². The van der Waals surface area contributed by atoms with Crippen LogP contribution >= 0.6 is 23.1 Å². The highest BCUT2D eigenvalue weighted by Gasteiger charge is 2.17. The van der Waals surface area contributed by atoms with Gasteiger partial charge in [-0.1, -0.05) is 23.1 Å². The molecule has 138 valence electrons. The average molecular weight is 396 g/mol. The molecule has 1 aliphatic rings. The van der Waals surface area contributed by atoms with E-state index in [1.165, 1.54) is 36.0 Å². The first-order valence-corrected chi connectivity index (χ1v) is 9.82. The zero-order valence-electron chi connectivity index (χ0n) is 13.7. The van der Waals surface area contributed by atoms with Crippen LogP contribution in [0.25, 0.3) is 0 Å². The lowest BCUT2D eigenvalue weighted by Crippen LogP contribution is -2.32. The molecule has 2 aromatic rings. The molecule has 0 spiro atoms. The highest BCUT2D eigenvalue weighted by atomic mass is 32.2. The maximum Gasteiger partial charge on any atom is 0.286 e. The molecular weight excluding hydrogens is 379 g/mol. The highest BCUT2D eigenvalue weighted by Crippen LogP contribution is 2.23. The van der Waals surface area contributed by atoms with Gasteiger partial charge in [0.25, 0.3) is 5.91 Å². The van der Waals surface area contributed by atoms with Gasteiger partial charge in [-0.3, -0.25) is 9.59 Å². The van der Waals surface area contributed by atoms with Gasteiger partial charge in [-0.05, 0) is 37.1 Å². The van der Waals surface area contributed by atoms with E-state index in [1.54, 1.807) is 0 Å². The number of halogens is 1. The number of carbonyl (C=O) groups is 2. The molecule has 0 bridgehead atoms. The number of amides is 2. The SMILES string of the molecule is O=C(CSc1nnc(C(=O)Nc2ccc(F)cc2)s1)NCC1CCCO1. The zero-order valence-corrected chi connectivity index (χ0v) is 15.4. The minimum Gasteiger partial charge on any atom is -0.376 e. The third kappa shape index (κ3) is 5.48. The number of aromatic nitrogens is 2. The molecule has 2 heterocycles. The van der Waals surface area contributed by atoms with Crippen LogP contribution in [-0.2, 0) is 9.53 Å². The Kier molecular flexibility index (Phi) is 6.53. The Hall–Kier alpha value is -2.04. The van der Waals surface area contributed by atoms with Crippen LogP contribution in [-0.4, -0.2) is 47.0 Å². The second-order valence-electron chi connectivity index (χ2n) is 5.56. The smallest absolute Gasteiger partial charge is 0.286 e. The maximum absolute atomic E-state index is 12.9. The summed E-state index contributed by atoms with van der Waals surface area (Å²) in [6.07, 6.45) is 2.10. The molecule has 10 heteroatoms. The molecule has 1 aromatic heterocycles. The van der Waals surface area contributed by atoms with E-state index in [2.05, 4.69) is 20.8 Å². The summed E-state index contributed by atoms with van der Waals surface area (Å²) in [6, 6.07) is 5.43. The Bertz CT molecular complexity index is 763. The lowest BCUT2D eigenvalue weighted by Gasteiger charge is -2.09. The second-order valence-corrected chi connectivity index (χ2v) is 7.76. The van der Waals surface area contributed by atoms with Crippen LogP contribution in [0, 0.1) is 5.82 Å². The summed E-state index contributed by atoms with van der Waals surface area (Å²) < 4.78 is 18.8. The van der Waals surface area contributed by atoms with Crippen molar-refractivity contribution < 1.29 is 18.7 Å². The first kappa shape index (κ1) is 18.7. The predicted octanol–water partition coefficient (Wildman–Crippen LogP) is 2.32. The minimum atomic E-state index is -0.427. The molecule has 0 radical (unpaired) electrons. The molecule has 7 nitrogen and oxygen atoms in total. The molecule has 0 aliphatic carbocycles. The molecule has 2 N–H and O–H groups in total. The maximum atomic E-state index is 12.9. The van der Waals surface area contributed by atoms with E-state index in [0.29, 0.717) is 16.6 Å². The summed E-state index contributed by atoms with van der Waals surface area (Å²) in [5.41, 5.74) is 0.467. The van der Waals surface area contributed by atoms with Crippen molar-refractivity contribution in [3.8, 4) is 0 Å². The van der Waals surface area contributed by atoms with E-state index >= 15 is 0 Å². The molecule has 1 aromatic carbocycles. The second kappa shape index (κ2) is 9.06. The van der Waals surface area contributed by atoms with Crippen LogP contribution in [0.2, 0.25) is 0 Å². The van der Waals surface area contributed by atoms with Crippen LogP contribution in [0.5, 0.6) is 0 Å². The van der Waals surface area contributed by atoms with Crippen LogP contribution in [0.15, 0.2) is 28.6 Å². The molecule has 1 unspecified atom stereocenters. The Labute approximate surface area is 157 Å². The quantitative estimate of drug-likeness (QED) is 0.698. The standard InChI is InChI=1S/C16H17FN4O3S2/c17-10-3-5-11(6-4-10)19-14(23)15-20-21-16(26-15)25-9-13(22)18-8-12-2-1-7-24-12/h3-6,12H,1-2,7-9H2,(H,18,22)(H,19,23). The van der Waals surface area contributed by atoms with Crippen LogP contribution in [0.4, 0.5) is 10.1 Å². The number of benzene rings is 1. The lowest BCUT2D eigenvalue weighted by atomic mass is 10.2. The first-order valence-electron chi connectivity index (χ1n) is 8.01. The van der Waals surface area contributed by atoms with Gasteiger partial charge in [-0.2, -0.15) is 0 Å². The molecular formula is C16H17FN4O3S2. The first-order chi connectivity index (χ1) is 12.6. The summed E-state index contributed by atoms with van der Waals surface area (Å²) >= 11 is 2.32. The molecule has 3 rings (SSSR count). The Balaban J connectivity index is 1.44. The van der Waals surface area contributed by atoms with Crippen LogP contribution in [0.1, 0.15) is 22.6 Å². The van der Waals surface area contributed by atoms with Gasteiger partial charge in [0.15, 0.2) is 4.34 Å². The third-order valence-corrected chi connectivity index (χ3v) is 5.64. The molecule has 1 atom stereocenters. The average Bonchev–Trinajstić information content (AvgIpc) is 3.32. The van der Waals surface area contributed by atoms with Crippen molar-refractivity contribution >= 4 is 40.6 Å². The fourth-order valence-electron chi connectivity index (χ4n) is 2.29. The van der Waals surface area contributed by atoms with Gasteiger partial charge < -0.3 is 15.4 Å². The van der Waals surface area contributed by atoms with Crippen LogP contribution in [0.3, 0.4) is 0 Å². The van der Waals surface area contributed by atoms with E-state index in [-0.39, 0.29) is 28.6 Å². The zero-order chi connectivity index (χ0) is 18.4. The number of thioether (sulfide) groups is 1. The Morgan fingerprint density at radius 3 is 2.85 bits per heavy atom. The van der Waals surface area contributed by atoms with Crippen molar-refractivity contribution in [3.63, 3.8) is 0 Å². The van der Waals surface area contributed by atoms with E-state index in [1.807, 2.05) is 0 Å². The van der Waals surface area contributed by atoms with E-state index in [0.717, 1.165) is 30.8 Å². The van der Waals surface area contributed by atoms with E-state index in [4.69, 9.17) is 4.74 Å². The summed E-state index contributed by atoms with van der Waals surface area (Å²) in [5, 5.41) is 13.4. The Morgan fingerprint density at radius 1 is 1.31 bits per heavy atom. The lowest BCUT2D eigenvalue weighted by molar-refractivity contribution is -0.119. The highest BCUT2D eigenvalue weighted by molar-refractivity contribution is 8.01. The van der Waals surface area contributed by atoms with Crippen molar-refractivity contribution in [2.24, 2.45) is 0 Å². The van der Waals surface area contributed by atoms with Crippen molar-refractivity contribution in [2.75, 3.05) is 24.2 Å². The number of hydrogen-bond acceptors (Lipinski definition) is 7. The molecule has 0 saturated carbocycles. The van der Waals surface area contributed by atoms with Gasteiger partial charge in [0.05, 0.1) is 11.9 Å². The number of rotatable bonds is 7. The molecule has 2 amide bonds. The van der Waals surface area contributed by atoms with Crippen molar-refractivity contribution in [1.82, 2.24) is 15.5 Å². The predicted molar refractivity (Wildman–Crippen MR) is 97.0 cm³/mol. The van der Waals surface area contributed by atoms with Crippen LogP contribution < -0.4 is 10.6 Å². The van der Waals surface area contributed by atoms with Gasteiger partial charge in [0, 0.05) is 18.8 Å². The van der Waals surface area contributed by atoms with Gasteiger partial charge in [0.1, 0.15) is 5.82 Å². The minimum absolute atomic E-state index is 0.104. The number of ether oxygens (including phenoxy) is 1. The number of carbonyl (C=O) groups excluding carboxylic acids is 2. The van der Waals surface area contributed by atoms with Gasteiger partial charge in [0.2, 0.25) is 10.9 Å². The van der Waals surface area contributed by atoms with E-state index in [9.17, 15) is 14.0 Å². The van der Waals surface area contributed by atoms with Crippen molar-refractivity contribution in [1.29, 1.82) is 0 Å². The monoisotopic (exact) mass is 396 g/mol. The topological polar surface area (TPSA) is 93.2 Å². The number of anilines is 1. The normalized spacial score (nSPS) is 16.4. The fraction of sp³-hybridized carbons (Fsp3) is 0.375. The van der Waals surface area contributed by atoms with Gasteiger partial charge >= 0.3 is 0 Å². The number of nitrogens with one attached hydrogen (secondary N) is 2. The molecule has 1 fully saturated rings. The summed E-state index contributed by atoms with van der Waals surface area (Å²) in [4.78, 5) is 23.9. The largest absolute Gasteiger partial charge is 0.376 e. The third-order valence-electron chi connectivity index (χ3n) is 3.58. The Morgan fingerprint density at radius 2 is 2.12 bits per heavy atom. The van der Waals surface area contributed by atoms with Crippen molar-refractivity contribution in [3.05, 3.63) is 35.1 Å². The van der Waals surface area contributed by atoms with Crippen molar-refractivity contribution in [2.45, 2.75) is 23.3 Å². The van der Waals surface area contributed by atoms with Gasteiger partial charge in [-0.25, -0.2) is 4.39 Å². The summed E-state index contributed by atoms with van der Waals surface area (Å²) in [5.74, 6) is -0.724. The number of hydrogen-bond donors (Lipinski definition) is 2. The molecule has 26 heavy (non-hydrogen) atoms. The fourth-order valence-corrected chi connectivity index (χ4v) is 3.87. The molecule has 1 aliphatic heterocycles. The number of nitrogens with zero attached hydrogens (tertiary/aromatic N) is 2. The van der Waals surface area contributed by atoms with E-state index < -0.39 is 5.91 Å². The summed E-state index contributed by atoms with van der Waals surface area (Å²) in [6.45, 7) is 1.27. The summed E-state index contributed by atoms with van der Waals surface area (Å²) in [7, 11) is 0.